The van der Waals surface area contributed by atoms with Crippen LogP contribution in [0.25, 0.3) is 11.1 Å². The summed E-state index contributed by atoms with van der Waals surface area (Å²) in [5.41, 5.74) is 4.82. The number of carbonyl (C=O) groups is 3. The van der Waals surface area contributed by atoms with E-state index in [1.54, 1.807) is 0 Å². The molecule has 15 heteroatoms. The van der Waals surface area contributed by atoms with Gasteiger partial charge in [-0.25, -0.2) is 9.59 Å². The third kappa shape index (κ3) is 13.9. The lowest BCUT2D eigenvalue weighted by Crippen LogP contribution is -2.49. The standard InChI is InChI=1S/C27H34N4O.2C2HF3O2/c28-19-25(30-27(32)26-9-2-3-14-29-26)18-21-10-12-23(13-11-21)24-8-6-7-22(17-24)20-31-15-4-1-5-16-31;2*3-2(4,5)1(6)7/h6-8,10-13,17,25-26,29H,1-5,9,14-16,18,20H2,(H,30,32);2*(H,6,7)/t25-,26-;;/m0../s1. The number of piperidine rings is 2. The first-order chi connectivity index (χ1) is 21.6. The molecule has 0 saturated carbocycles. The zero-order valence-electron chi connectivity index (χ0n) is 24.8. The molecule has 0 aliphatic carbocycles. The number of rotatable bonds is 7. The van der Waals surface area contributed by atoms with E-state index in [0.29, 0.717) is 6.42 Å². The van der Waals surface area contributed by atoms with Crippen LogP contribution in [0.3, 0.4) is 0 Å². The van der Waals surface area contributed by atoms with E-state index < -0.39 is 30.3 Å². The molecule has 2 fully saturated rings. The average molecular weight is 659 g/mol. The van der Waals surface area contributed by atoms with Crippen LogP contribution in [-0.4, -0.2) is 77.0 Å². The van der Waals surface area contributed by atoms with Crippen LogP contribution < -0.4 is 10.6 Å². The topological polar surface area (TPSA) is 143 Å². The molecule has 46 heavy (non-hydrogen) atoms. The lowest BCUT2D eigenvalue weighted by atomic mass is 9.99. The van der Waals surface area contributed by atoms with Gasteiger partial charge in [0.05, 0.1) is 12.1 Å². The van der Waals surface area contributed by atoms with Crippen molar-refractivity contribution in [2.45, 2.75) is 75.9 Å². The van der Waals surface area contributed by atoms with E-state index in [-0.39, 0.29) is 11.9 Å². The number of benzene rings is 2. The Morgan fingerprint density at radius 2 is 1.46 bits per heavy atom. The Balaban J connectivity index is 0.000000440. The molecular weight excluding hydrogens is 622 g/mol. The number of halogens is 6. The molecule has 4 N–H and O–H groups in total. The van der Waals surface area contributed by atoms with Crippen LogP contribution >= 0.6 is 0 Å². The van der Waals surface area contributed by atoms with Crippen LogP contribution in [0.5, 0.6) is 0 Å². The molecule has 252 valence electrons. The number of nitrogens with one attached hydrogen (secondary N) is 2. The Bertz CT molecular complexity index is 1290. The highest BCUT2D eigenvalue weighted by Gasteiger charge is 2.38. The maximum atomic E-state index is 12.4. The van der Waals surface area contributed by atoms with Crippen LogP contribution in [-0.2, 0) is 27.3 Å². The summed E-state index contributed by atoms with van der Waals surface area (Å²) in [6.45, 7) is 4.29. The highest BCUT2D eigenvalue weighted by atomic mass is 19.4. The smallest absolute Gasteiger partial charge is 0.475 e. The molecule has 0 bridgehead atoms. The Morgan fingerprint density at radius 3 is 1.96 bits per heavy atom. The molecule has 2 heterocycles. The molecule has 2 saturated heterocycles. The number of nitrogens with zero attached hydrogens (tertiary/aromatic N) is 2. The first-order valence-corrected chi connectivity index (χ1v) is 14.5. The summed E-state index contributed by atoms with van der Waals surface area (Å²) in [6, 6.07) is 18.8. The fraction of sp³-hybridized carbons (Fsp3) is 0.484. The fourth-order valence-corrected chi connectivity index (χ4v) is 4.77. The molecule has 1 amide bonds. The number of amides is 1. The number of aliphatic carboxylic acids is 2. The third-order valence-electron chi connectivity index (χ3n) is 7.09. The van der Waals surface area contributed by atoms with E-state index in [1.807, 2.05) is 0 Å². The second kappa shape index (κ2) is 18.1. The second-order valence-corrected chi connectivity index (χ2v) is 10.7. The van der Waals surface area contributed by atoms with Crippen LogP contribution in [0.1, 0.15) is 49.7 Å². The van der Waals surface area contributed by atoms with Gasteiger partial charge < -0.3 is 20.8 Å². The van der Waals surface area contributed by atoms with Crippen molar-refractivity contribution in [3.63, 3.8) is 0 Å². The van der Waals surface area contributed by atoms with Gasteiger partial charge in [-0.15, -0.1) is 0 Å². The summed E-state index contributed by atoms with van der Waals surface area (Å²) in [5, 5.41) is 29.9. The molecule has 2 aromatic rings. The van der Waals surface area contributed by atoms with Crippen molar-refractivity contribution in [3.8, 4) is 17.2 Å². The van der Waals surface area contributed by atoms with Gasteiger partial charge in [-0.1, -0.05) is 55.3 Å². The first-order valence-electron chi connectivity index (χ1n) is 14.5. The molecule has 2 aliphatic heterocycles. The van der Waals surface area contributed by atoms with Crippen LogP contribution in [0.2, 0.25) is 0 Å². The number of carboxylic acid groups (broad SMARTS) is 2. The lowest BCUT2D eigenvalue weighted by Gasteiger charge is -2.26. The molecule has 2 aromatic carbocycles. The maximum absolute atomic E-state index is 12.4. The summed E-state index contributed by atoms with van der Waals surface area (Å²) in [6.07, 6.45) is -2.66. The number of carbonyl (C=O) groups excluding carboxylic acids is 1. The van der Waals surface area contributed by atoms with Crippen molar-refractivity contribution < 1.29 is 50.9 Å². The van der Waals surface area contributed by atoms with Gasteiger partial charge in [-0.3, -0.25) is 9.69 Å². The Kier molecular flexibility index (Phi) is 15.0. The Hall–Kier alpha value is -4.16. The monoisotopic (exact) mass is 658 g/mol. The summed E-state index contributed by atoms with van der Waals surface area (Å²) >= 11 is 0. The van der Waals surface area contributed by atoms with Gasteiger partial charge in [0, 0.05) is 13.0 Å². The van der Waals surface area contributed by atoms with Gasteiger partial charge >= 0.3 is 24.3 Å². The van der Waals surface area contributed by atoms with Crippen LogP contribution in [0, 0.1) is 11.3 Å². The predicted molar refractivity (Wildman–Crippen MR) is 155 cm³/mol. The normalized spacial score (nSPS) is 17.5. The van der Waals surface area contributed by atoms with Crippen molar-refractivity contribution in [3.05, 3.63) is 59.7 Å². The van der Waals surface area contributed by atoms with E-state index >= 15 is 0 Å². The van der Waals surface area contributed by atoms with Crippen molar-refractivity contribution >= 4 is 17.8 Å². The quantitative estimate of drug-likeness (QED) is 0.294. The molecule has 2 atom stereocenters. The van der Waals surface area contributed by atoms with E-state index in [2.05, 4.69) is 70.1 Å². The fourth-order valence-electron chi connectivity index (χ4n) is 4.77. The SMILES string of the molecule is N#C[C@H](Cc1ccc(-c2cccc(CN3CCCCC3)c2)cc1)NC(=O)[C@@H]1CCCCN1.O=C(O)C(F)(F)F.O=C(O)C(F)(F)F. The van der Waals surface area contributed by atoms with Gasteiger partial charge in [-0.05, 0) is 73.6 Å². The molecule has 0 spiro atoms. The molecule has 4 rings (SSSR count). The highest BCUT2D eigenvalue weighted by Crippen LogP contribution is 2.23. The van der Waals surface area contributed by atoms with Crippen LogP contribution in [0.4, 0.5) is 26.3 Å². The number of hydrogen-bond donors (Lipinski definition) is 4. The van der Waals surface area contributed by atoms with Crippen LogP contribution in [0.15, 0.2) is 48.5 Å². The van der Waals surface area contributed by atoms with Gasteiger partial charge in [0.2, 0.25) is 5.91 Å². The third-order valence-corrected chi connectivity index (χ3v) is 7.09. The summed E-state index contributed by atoms with van der Waals surface area (Å²) in [4.78, 5) is 32.8. The van der Waals surface area contributed by atoms with Crippen molar-refractivity contribution in [2.75, 3.05) is 19.6 Å². The molecular formula is C31H36F6N4O5. The van der Waals surface area contributed by atoms with E-state index in [1.165, 1.54) is 49.0 Å². The average Bonchev–Trinajstić information content (AvgIpc) is 3.02. The zero-order chi connectivity index (χ0) is 34.3. The minimum Gasteiger partial charge on any atom is -0.475 e. The minimum atomic E-state index is -5.08. The lowest BCUT2D eigenvalue weighted by molar-refractivity contribution is -0.193. The van der Waals surface area contributed by atoms with Crippen molar-refractivity contribution in [1.82, 2.24) is 15.5 Å². The molecule has 0 aromatic heterocycles. The zero-order valence-corrected chi connectivity index (χ0v) is 24.8. The largest absolute Gasteiger partial charge is 0.490 e. The maximum Gasteiger partial charge on any atom is 0.490 e. The molecule has 0 radical (unpaired) electrons. The molecule has 0 unspecified atom stereocenters. The van der Waals surface area contributed by atoms with Crippen molar-refractivity contribution in [1.29, 1.82) is 5.26 Å². The van der Waals surface area contributed by atoms with Gasteiger partial charge in [0.15, 0.2) is 0 Å². The Labute approximate surface area is 262 Å². The van der Waals surface area contributed by atoms with E-state index in [9.17, 15) is 36.4 Å². The number of nitriles is 1. The molecule has 9 nitrogen and oxygen atoms in total. The van der Waals surface area contributed by atoms with Gasteiger partial charge in [-0.2, -0.15) is 31.6 Å². The van der Waals surface area contributed by atoms with Crippen molar-refractivity contribution in [2.24, 2.45) is 0 Å². The summed E-state index contributed by atoms with van der Waals surface area (Å²) < 4.78 is 63.5. The number of hydrogen-bond acceptors (Lipinski definition) is 6. The highest BCUT2D eigenvalue weighted by molar-refractivity contribution is 5.82. The first kappa shape index (κ1) is 38.0. The Morgan fingerprint density at radius 1 is 0.870 bits per heavy atom. The predicted octanol–water partition coefficient (Wildman–Crippen LogP) is 5.30. The second-order valence-electron chi connectivity index (χ2n) is 10.7. The van der Waals surface area contributed by atoms with E-state index in [4.69, 9.17) is 19.8 Å². The number of carboxylic acids is 2. The van der Waals surface area contributed by atoms with E-state index in [0.717, 1.165) is 37.9 Å². The summed E-state index contributed by atoms with van der Waals surface area (Å²) in [5.74, 6) is -5.57. The van der Waals surface area contributed by atoms with Gasteiger partial charge in [0.25, 0.3) is 0 Å². The number of alkyl halides is 6. The summed E-state index contributed by atoms with van der Waals surface area (Å²) in [7, 11) is 0. The minimum absolute atomic E-state index is 0.0570. The number of likely N-dealkylation sites (tertiary alicyclic amines) is 1. The van der Waals surface area contributed by atoms with Gasteiger partial charge in [0.1, 0.15) is 6.04 Å². The molecule has 2 aliphatic rings.